The molecule has 0 saturated heterocycles. The number of thiol groups is 2. The maximum atomic E-state index is 9.52. The highest BCUT2D eigenvalue weighted by atomic mass is 32.2. The standard InChI is InChI=1S/C2H5NO2S2/c4-3(5)1-2(6)7/h2,6-7H,1H2. The van der Waals surface area contributed by atoms with E-state index in [1.54, 1.807) is 0 Å². The summed E-state index contributed by atoms with van der Waals surface area (Å²) in [6.07, 6.45) is 0. The molecule has 0 aliphatic rings. The van der Waals surface area contributed by atoms with E-state index < -0.39 is 9.51 Å². The highest BCUT2D eigenvalue weighted by Crippen LogP contribution is 1.97. The number of hydrogen-bond donors (Lipinski definition) is 2. The molecule has 0 saturated carbocycles. The monoisotopic (exact) mass is 139 g/mol. The van der Waals surface area contributed by atoms with Gasteiger partial charge in [0.05, 0.1) is 0 Å². The lowest BCUT2D eigenvalue weighted by Gasteiger charge is -1.91. The molecular weight excluding hydrogens is 134 g/mol. The molecule has 0 radical (unpaired) electrons. The largest absolute Gasteiger partial charge is 0.264 e. The van der Waals surface area contributed by atoms with Crippen molar-refractivity contribution in [2.24, 2.45) is 0 Å². The highest BCUT2D eigenvalue weighted by Gasteiger charge is 2.01. The number of nitrogens with zero attached hydrogens (tertiary/aromatic N) is 1. The second kappa shape index (κ2) is 3.15. The summed E-state index contributed by atoms with van der Waals surface area (Å²) < 4.78 is -0.435. The molecule has 0 aromatic carbocycles. The lowest BCUT2D eigenvalue weighted by molar-refractivity contribution is -0.475. The van der Waals surface area contributed by atoms with Gasteiger partial charge in [0.2, 0.25) is 6.54 Å². The van der Waals surface area contributed by atoms with Crippen molar-refractivity contribution in [2.45, 2.75) is 4.58 Å². The van der Waals surface area contributed by atoms with E-state index in [9.17, 15) is 10.1 Å². The van der Waals surface area contributed by atoms with E-state index in [2.05, 4.69) is 25.3 Å². The molecule has 0 unspecified atom stereocenters. The minimum Gasteiger partial charge on any atom is -0.264 e. The minimum atomic E-state index is -0.454. The lowest BCUT2D eigenvalue weighted by atomic mass is 10.8. The van der Waals surface area contributed by atoms with Crippen molar-refractivity contribution in [1.29, 1.82) is 0 Å². The van der Waals surface area contributed by atoms with Gasteiger partial charge in [0, 0.05) is 4.92 Å². The van der Waals surface area contributed by atoms with Crippen LogP contribution >= 0.6 is 25.3 Å². The van der Waals surface area contributed by atoms with Gasteiger partial charge >= 0.3 is 0 Å². The minimum absolute atomic E-state index is 0.188. The molecule has 0 heterocycles. The van der Waals surface area contributed by atoms with Gasteiger partial charge in [-0.2, -0.15) is 25.3 Å². The summed E-state index contributed by atoms with van der Waals surface area (Å²) >= 11 is 7.32. The van der Waals surface area contributed by atoms with Crippen molar-refractivity contribution in [3.63, 3.8) is 0 Å². The fraction of sp³-hybridized carbons (Fsp3) is 1.00. The van der Waals surface area contributed by atoms with Crippen molar-refractivity contribution < 1.29 is 4.92 Å². The zero-order valence-corrected chi connectivity index (χ0v) is 5.23. The maximum Gasteiger partial charge on any atom is 0.224 e. The lowest BCUT2D eigenvalue weighted by Crippen LogP contribution is -2.07. The maximum absolute atomic E-state index is 9.52. The van der Waals surface area contributed by atoms with E-state index in [-0.39, 0.29) is 6.54 Å². The summed E-state index contributed by atoms with van der Waals surface area (Å²) in [6, 6.07) is 0. The van der Waals surface area contributed by atoms with Gasteiger partial charge in [-0.1, -0.05) is 0 Å². The Labute approximate surface area is 52.1 Å². The van der Waals surface area contributed by atoms with Crippen LogP contribution < -0.4 is 0 Å². The van der Waals surface area contributed by atoms with Gasteiger partial charge in [-0.15, -0.1) is 0 Å². The van der Waals surface area contributed by atoms with Crippen LogP contribution in [0.2, 0.25) is 0 Å². The molecule has 5 heteroatoms. The Morgan fingerprint density at radius 3 is 2.14 bits per heavy atom. The Bertz CT molecular complexity index is 74.1. The molecule has 7 heavy (non-hydrogen) atoms. The van der Waals surface area contributed by atoms with Crippen LogP contribution in [0.15, 0.2) is 0 Å². The van der Waals surface area contributed by atoms with Gasteiger partial charge in [-0.25, -0.2) is 0 Å². The highest BCUT2D eigenvalue weighted by molar-refractivity contribution is 7.99. The normalized spacial score (nSPS) is 9.57. The predicted octanol–water partition coefficient (Wildman–Crippen LogP) is 0.449. The third kappa shape index (κ3) is 6.10. The van der Waals surface area contributed by atoms with Crippen LogP contribution in [-0.4, -0.2) is 16.1 Å². The summed E-state index contributed by atoms with van der Waals surface area (Å²) in [4.78, 5) is 9.06. The van der Waals surface area contributed by atoms with E-state index in [1.807, 2.05) is 0 Å². The average molecular weight is 139 g/mol. The average Bonchev–Trinajstić information content (AvgIpc) is 1.27. The molecule has 0 amide bonds. The van der Waals surface area contributed by atoms with E-state index in [1.165, 1.54) is 0 Å². The molecule has 0 aliphatic carbocycles. The first-order valence-electron chi connectivity index (χ1n) is 1.61. The Morgan fingerprint density at radius 1 is 1.71 bits per heavy atom. The topological polar surface area (TPSA) is 43.1 Å². The molecule has 0 spiro atoms. The molecule has 0 aliphatic heterocycles. The fourth-order valence-electron chi connectivity index (χ4n) is 0.133. The SMILES string of the molecule is O=[N+]([O-])CC(S)S. The van der Waals surface area contributed by atoms with E-state index in [0.29, 0.717) is 0 Å². The van der Waals surface area contributed by atoms with Crippen molar-refractivity contribution in [2.75, 3.05) is 6.54 Å². The zero-order valence-electron chi connectivity index (χ0n) is 3.44. The van der Waals surface area contributed by atoms with Gasteiger partial charge < -0.3 is 0 Å². The summed E-state index contributed by atoms with van der Waals surface area (Å²) in [7, 11) is 0. The third-order valence-corrected chi connectivity index (χ3v) is 0.639. The van der Waals surface area contributed by atoms with Crippen LogP contribution in [-0.2, 0) is 0 Å². The van der Waals surface area contributed by atoms with Crippen LogP contribution in [0.4, 0.5) is 0 Å². The molecule has 0 aromatic heterocycles. The van der Waals surface area contributed by atoms with Crippen molar-refractivity contribution in [3.05, 3.63) is 10.1 Å². The summed E-state index contributed by atoms with van der Waals surface area (Å²) in [5.74, 6) is 0. The molecule has 0 N–H and O–H groups in total. The van der Waals surface area contributed by atoms with E-state index >= 15 is 0 Å². The molecule has 3 nitrogen and oxygen atoms in total. The predicted molar refractivity (Wildman–Crippen MR) is 33.6 cm³/mol. The van der Waals surface area contributed by atoms with Crippen LogP contribution in [0, 0.1) is 10.1 Å². The first-order chi connectivity index (χ1) is 3.13. The first kappa shape index (κ1) is 7.10. The Hall–Kier alpha value is 0.1000. The van der Waals surface area contributed by atoms with E-state index in [4.69, 9.17) is 0 Å². The smallest absolute Gasteiger partial charge is 0.224 e. The summed E-state index contributed by atoms with van der Waals surface area (Å²) in [5, 5.41) is 9.52. The molecule has 42 valence electrons. The zero-order chi connectivity index (χ0) is 5.86. The summed E-state index contributed by atoms with van der Waals surface area (Å²) in [6.45, 7) is -0.188. The van der Waals surface area contributed by atoms with E-state index in [0.717, 1.165) is 0 Å². The molecule has 0 fully saturated rings. The number of nitro groups is 1. The van der Waals surface area contributed by atoms with Crippen molar-refractivity contribution in [3.8, 4) is 0 Å². The Kier molecular flexibility index (Phi) is 3.19. The number of rotatable bonds is 2. The molecular formula is C2H5NO2S2. The molecule has 0 aromatic rings. The van der Waals surface area contributed by atoms with Crippen molar-refractivity contribution >= 4 is 25.3 Å². The van der Waals surface area contributed by atoms with Gasteiger partial charge in [0.15, 0.2) is 0 Å². The van der Waals surface area contributed by atoms with Crippen LogP contribution in [0.1, 0.15) is 0 Å². The Morgan fingerprint density at radius 2 is 2.14 bits per heavy atom. The van der Waals surface area contributed by atoms with Crippen LogP contribution in [0.5, 0.6) is 0 Å². The van der Waals surface area contributed by atoms with Gasteiger partial charge in [0.25, 0.3) is 0 Å². The quantitative estimate of drug-likeness (QED) is 0.252. The second-order valence-electron chi connectivity index (χ2n) is 0.996. The number of hydrogen-bond acceptors (Lipinski definition) is 4. The molecule has 0 bridgehead atoms. The first-order valence-corrected chi connectivity index (χ1v) is 2.64. The van der Waals surface area contributed by atoms with Crippen LogP contribution in [0.3, 0.4) is 0 Å². The third-order valence-electron chi connectivity index (χ3n) is 0.312. The van der Waals surface area contributed by atoms with Crippen molar-refractivity contribution in [1.82, 2.24) is 0 Å². The van der Waals surface area contributed by atoms with Crippen LogP contribution in [0.25, 0.3) is 0 Å². The van der Waals surface area contributed by atoms with Gasteiger partial charge in [-0.3, -0.25) is 10.1 Å². The van der Waals surface area contributed by atoms with Gasteiger partial charge in [-0.05, 0) is 0 Å². The molecule has 0 rings (SSSR count). The second-order valence-corrected chi connectivity index (χ2v) is 2.65. The fourth-order valence-corrected chi connectivity index (χ4v) is 0.400. The Balaban J connectivity index is 3.13. The summed E-state index contributed by atoms with van der Waals surface area (Å²) in [5.41, 5.74) is 0. The molecule has 0 atom stereocenters. The van der Waals surface area contributed by atoms with Gasteiger partial charge in [0.1, 0.15) is 4.58 Å².